The zero-order valence-electron chi connectivity index (χ0n) is 19.6. The maximum atomic E-state index is 6.36. The summed E-state index contributed by atoms with van der Waals surface area (Å²) in [6.45, 7) is 5.88. The summed E-state index contributed by atoms with van der Waals surface area (Å²) in [5.41, 5.74) is 11.7. The van der Waals surface area contributed by atoms with Crippen molar-refractivity contribution in [3.63, 3.8) is 0 Å². The predicted molar refractivity (Wildman–Crippen MR) is 128 cm³/mol. The highest BCUT2D eigenvalue weighted by Gasteiger charge is 2.25. The zero-order chi connectivity index (χ0) is 23.1. The molecule has 4 aromatic rings. The van der Waals surface area contributed by atoms with E-state index in [-0.39, 0.29) is 0 Å². The minimum absolute atomic E-state index is 0.446. The summed E-state index contributed by atoms with van der Waals surface area (Å²) < 4.78 is 9.83. The largest absolute Gasteiger partial charge is 0.488 e. The highest BCUT2D eigenvalue weighted by molar-refractivity contribution is 5.89. The lowest BCUT2D eigenvalue weighted by Gasteiger charge is -2.37. The topological polar surface area (TPSA) is 99.4 Å². The monoisotopic (exact) mass is 446 g/mol. The van der Waals surface area contributed by atoms with Gasteiger partial charge < -0.3 is 10.5 Å². The van der Waals surface area contributed by atoms with Crippen molar-refractivity contribution in [2.75, 3.05) is 25.9 Å². The third kappa shape index (κ3) is 3.93. The van der Waals surface area contributed by atoms with Crippen LogP contribution in [0.25, 0.3) is 28.0 Å². The molecule has 1 saturated heterocycles. The van der Waals surface area contributed by atoms with E-state index in [1.807, 2.05) is 37.0 Å². The van der Waals surface area contributed by atoms with Crippen LogP contribution in [0, 0.1) is 6.92 Å². The number of nitrogens with zero attached hydrogens (tertiary/aromatic N) is 7. The summed E-state index contributed by atoms with van der Waals surface area (Å²) >= 11 is 0. The van der Waals surface area contributed by atoms with Crippen molar-refractivity contribution in [3.05, 3.63) is 42.1 Å². The first kappa shape index (κ1) is 21.4. The van der Waals surface area contributed by atoms with E-state index in [0.717, 1.165) is 71.1 Å². The average Bonchev–Trinajstić information content (AvgIpc) is 3.30. The molecular weight excluding hydrogens is 416 g/mol. The Kier molecular flexibility index (Phi) is 5.49. The summed E-state index contributed by atoms with van der Waals surface area (Å²) in [5.74, 6) is 2.05. The Labute approximate surface area is 193 Å². The van der Waals surface area contributed by atoms with Gasteiger partial charge in [-0.2, -0.15) is 5.10 Å². The van der Waals surface area contributed by atoms with Gasteiger partial charge in [0.05, 0.1) is 23.0 Å². The molecule has 172 valence electrons. The van der Waals surface area contributed by atoms with Crippen molar-refractivity contribution in [2.24, 2.45) is 7.05 Å². The molecule has 9 nitrogen and oxygen atoms in total. The predicted octanol–water partition coefficient (Wildman–Crippen LogP) is 3.12. The van der Waals surface area contributed by atoms with Crippen LogP contribution in [0.5, 0.6) is 5.75 Å². The molecule has 0 aliphatic carbocycles. The van der Waals surface area contributed by atoms with E-state index >= 15 is 0 Å². The summed E-state index contributed by atoms with van der Waals surface area (Å²) in [5, 5.41) is 8.98. The van der Waals surface area contributed by atoms with Crippen LogP contribution in [-0.2, 0) is 13.5 Å². The van der Waals surface area contributed by atoms with E-state index < -0.39 is 0 Å². The summed E-state index contributed by atoms with van der Waals surface area (Å²) in [6, 6.07) is 6.51. The number of anilines is 1. The van der Waals surface area contributed by atoms with Crippen LogP contribution in [0.4, 0.5) is 5.82 Å². The molecule has 0 spiro atoms. The Morgan fingerprint density at radius 1 is 1.21 bits per heavy atom. The normalized spacial score (nSPS) is 16.3. The summed E-state index contributed by atoms with van der Waals surface area (Å²) in [6.07, 6.45) is 6.67. The van der Waals surface area contributed by atoms with Gasteiger partial charge in [-0.15, -0.1) is 5.10 Å². The van der Waals surface area contributed by atoms with Gasteiger partial charge in [-0.1, -0.05) is 6.92 Å². The first-order valence-corrected chi connectivity index (χ1v) is 11.4. The Balaban J connectivity index is 1.56. The number of nitrogens with two attached hydrogens (primary N) is 1. The van der Waals surface area contributed by atoms with Crippen molar-refractivity contribution in [1.29, 1.82) is 0 Å². The van der Waals surface area contributed by atoms with Crippen LogP contribution < -0.4 is 10.5 Å². The average molecular weight is 447 g/mol. The van der Waals surface area contributed by atoms with Gasteiger partial charge in [-0.05, 0) is 51.6 Å². The van der Waals surface area contributed by atoms with Crippen molar-refractivity contribution < 1.29 is 4.74 Å². The van der Waals surface area contributed by atoms with E-state index in [1.165, 1.54) is 0 Å². The zero-order valence-corrected chi connectivity index (χ0v) is 19.6. The molecule has 4 aromatic heterocycles. The quantitative estimate of drug-likeness (QED) is 0.466. The van der Waals surface area contributed by atoms with E-state index in [0.29, 0.717) is 18.5 Å². The van der Waals surface area contributed by atoms with Gasteiger partial charge in [0.25, 0.3) is 0 Å². The number of likely N-dealkylation sites (N-methyl/N-ethyl adjacent to an activating group) is 1. The smallest absolute Gasteiger partial charge is 0.165 e. The van der Waals surface area contributed by atoms with E-state index in [4.69, 9.17) is 15.5 Å². The molecule has 33 heavy (non-hydrogen) atoms. The van der Waals surface area contributed by atoms with Crippen LogP contribution in [0.15, 0.2) is 30.6 Å². The SMILES string of the molecule is CCCc1nc(C)cc(-c2c(N)nn3ccc(-c4c(OC[C@@H]5CCN5C)cnn4C)cc23)n1. The molecule has 1 atom stereocenters. The number of pyridine rings is 1. The van der Waals surface area contributed by atoms with E-state index in [1.54, 1.807) is 10.7 Å². The van der Waals surface area contributed by atoms with Crippen molar-refractivity contribution in [1.82, 2.24) is 34.3 Å². The van der Waals surface area contributed by atoms with Gasteiger partial charge in [-0.25, -0.2) is 14.5 Å². The maximum Gasteiger partial charge on any atom is 0.165 e. The Morgan fingerprint density at radius 2 is 2.06 bits per heavy atom. The highest BCUT2D eigenvalue weighted by atomic mass is 16.5. The molecule has 0 unspecified atom stereocenters. The lowest BCUT2D eigenvalue weighted by atomic mass is 10.1. The molecule has 9 heteroatoms. The lowest BCUT2D eigenvalue weighted by molar-refractivity contribution is 0.0771. The van der Waals surface area contributed by atoms with E-state index in [9.17, 15) is 0 Å². The molecule has 5 rings (SSSR count). The molecule has 0 amide bonds. The number of nitrogen functional groups attached to an aromatic ring is 1. The van der Waals surface area contributed by atoms with Crippen molar-refractivity contribution in [3.8, 4) is 28.3 Å². The second kappa shape index (κ2) is 8.47. The Morgan fingerprint density at radius 3 is 2.79 bits per heavy atom. The fraction of sp³-hybridized carbons (Fsp3) is 0.417. The number of fused-ring (bicyclic) bond motifs is 1. The maximum absolute atomic E-state index is 6.36. The summed E-state index contributed by atoms with van der Waals surface area (Å²) in [7, 11) is 4.06. The second-order valence-electron chi connectivity index (χ2n) is 8.78. The molecule has 2 N–H and O–H groups in total. The van der Waals surface area contributed by atoms with Crippen LogP contribution in [0.2, 0.25) is 0 Å². The number of rotatable bonds is 7. The number of hydrogen-bond acceptors (Lipinski definition) is 7. The molecule has 0 aromatic carbocycles. The van der Waals surface area contributed by atoms with Crippen molar-refractivity contribution in [2.45, 2.75) is 39.2 Å². The van der Waals surface area contributed by atoms with Gasteiger partial charge in [0.1, 0.15) is 18.1 Å². The highest BCUT2D eigenvalue weighted by Crippen LogP contribution is 2.35. The van der Waals surface area contributed by atoms with Gasteiger partial charge in [0, 0.05) is 37.0 Å². The number of aryl methyl sites for hydroxylation is 3. The molecular formula is C24H30N8O. The first-order valence-electron chi connectivity index (χ1n) is 11.4. The van der Waals surface area contributed by atoms with Gasteiger partial charge >= 0.3 is 0 Å². The third-order valence-corrected chi connectivity index (χ3v) is 6.34. The van der Waals surface area contributed by atoms with Gasteiger partial charge in [0.2, 0.25) is 0 Å². The molecule has 1 aliphatic heterocycles. The third-order valence-electron chi connectivity index (χ3n) is 6.34. The summed E-state index contributed by atoms with van der Waals surface area (Å²) in [4.78, 5) is 11.7. The standard InChI is InChI=1S/C24H30N8O/c1-5-6-21-27-15(2)11-18(28-21)22-19-12-16(7-10-32(19)29-24(22)25)23-20(13-26-31(23)4)33-14-17-8-9-30(17)3/h7,10-13,17H,5-6,8-9,14H2,1-4H3,(H2,25,29)/t17-/m0/s1. The number of hydrogen-bond donors (Lipinski definition) is 1. The fourth-order valence-corrected chi connectivity index (χ4v) is 4.39. The molecule has 0 radical (unpaired) electrons. The molecule has 5 heterocycles. The Hall–Kier alpha value is -3.46. The van der Waals surface area contributed by atoms with E-state index in [2.05, 4.69) is 40.1 Å². The second-order valence-corrected chi connectivity index (χ2v) is 8.78. The van der Waals surface area contributed by atoms with Gasteiger partial charge in [0.15, 0.2) is 11.6 Å². The molecule has 0 saturated carbocycles. The fourth-order valence-electron chi connectivity index (χ4n) is 4.39. The molecule has 1 aliphatic rings. The minimum atomic E-state index is 0.446. The molecule has 1 fully saturated rings. The van der Waals surface area contributed by atoms with Crippen LogP contribution in [-0.4, -0.2) is 60.5 Å². The van der Waals surface area contributed by atoms with Crippen LogP contribution in [0.1, 0.15) is 31.3 Å². The Bertz CT molecular complexity index is 1310. The minimum Gasteiger partial charge on any atom is -0.488 e. The first-order chi connectivity index (χ1) is 15.9. The van der Waals surface area contributed by atoms with Crippen molar-refractivity contribution >= 4 is 11.3 Å². The number of aromatic nitrogens is 6. The number of ether oxygens (including phenoxy) is 1. The lowest BCUT2D eigenvalue weighted by Crippen LogP contribution is -2.48. The van der Waals surface area contributed by atoms with Crippen LogP contribution >= 0.6 is 0 Å². The van der Waals surface area contributed by atoms with Gasteiger partial charge in [-0.3, -0.25) is 9.58 Å². The number of likely N-dealkylation sites (tertiary alicyclic amines) is 1. The van der Waals surface area contributed by atoms with Crippen LogP contribution in [0.3, 0.4) is 0 Å². The molecule has 0 bridgehead atoms.